The average molecular weight is 256 g/mol. The summed E-state index contributed by atoms with van der Waals surface area (Å²) in [4.78, 5) is 10.6. The van der Waals surface area contributed by atoms with E-state index in [2.05, 4.69) is 10.4 Å². The highest BCUT2D eigenvalue weighted by molar-refractivity contribution is 5.59. The quantitative estimate of drug-likeness (QED) is 0.595. The molecule has 1 unspecified atom stereocenters. The van der Waals surface area contributed by atoms with Crippen molar-refractivity contribution in [1.29, 1.82) is 0 Å². The number of anilines is 1. The van der Waals surface area contributed by atoms with Gasteiger partial charge >= 0.3 is 5.69 Å². The molecular formula is C11H20N4O3. The van der Waals surface area contributed by atoms with E-state index in [0.29, 0.717) is 18.1 Å². The molecule has 1 aromatic heterocycles. The van der Waals surface area contributed by atoms with Gasteiger partial charge in [-0.3, -0.25) is 10.1 Å². The van der Waals surface area contributed by atoms with E-state index in [9.17, 15) is 15.2 Å². The van der Waals surface area contributed by atoms with Gasteiger partial charge in [0.2, 0.25) is 5.82 Å². The van der Waals surface area contributed by atoms with Crippen LogP contribution in [0.5, 0.6) is 0 Å². The minimum Gasteiger partial charge on any atom is -0.391 e. The highest BCUT2D eigenvalue weighted by atomic mass is 16.6. The molecule has 2 N–H and O–H groups in total. The third-order valence-electron chi connectivity index (χ3n) is 2.83. The Hall–Kier alpha value is -1.63. The number of aromatic nitrogens is 2. The molecule has 1 rings (SSSR count). The Morgan fingerprint density at radius 1 is 1.56 bits per heavy atom. The van der Waals surface area contributed by atoms with Crippen LogP contribution in [0.15, 0.2) is 0 Å². The van der Waals surface area contributed by atoms with Crippen LogP contribution in [-0.2, 0) is 6.54 Å². The predicted molar refractivity (Wildman–Crippen MR) is 68.6 cm³/mol. The van der Waals surface area contributed by atoms with E-state index in [4.69, 9.17) is 0 Å². The monoisotopic (exact) mass is 256 g/mol. The Kier molecular flexibility index (Phi) is 4.66. The smallest absolute Gasteiger partial charge is 0.333 e. The Labute approximate surface area is 106 Å². The van der Waals surface area contributed by atoms with Gasteiger partial charge in [-0.25, -0.2) is 4.68 Å². The first-order valence-corrected chi connectivity index (χ1v) is 6.02. The SMILES string of the molecule is CCn1nc(C)c([N+](=O)[O-])c1NCC(O)C(C)C. The van der Waals surface area contributed by atoms with Crippen LogP contribution in [0.25, 0.3) is 0 Å². The van der Waals surface area contributed by atoms with Crippen molar-refractivity contribution in [3.63, 3.8) is 0 Å². The molecule has 0 radical (unpaired) electrons. The number of rotatable bonds is 6. The maximum atomic E-state index is 11.0. The summed E-state index contributed by atoms with van der Waals surface area (Å²) in [7, 11) is 0. The second kappa shape index (κ2) is 5.81. The molecule has 0 aliphatic rings. The number of hydrogen-bond acceptors (Lipinski definition) is 5. The summed E-state index contributed by atoms with van der Waals surface area (Å²) in [5.74, 6) is 0.454. The first-order valence-electron chi connectivity index (χ1n) is 6.02. The Morgan fingerprint density at radius 3 is 2.61 bits per heavy atom. The average Bonchev–Trinajstić information content (AvgIpc) is 2.61. The molecule has 102 valence electrons. The lowest BCUT2D eigenvalue weighted by Gasteiger charge is -2.15. The molecule has 1 atom stereocenters. The zero-order valence-electron chi connectivity index (χ0n) is 11.2. The van der Waals surface area contributed by atoms with E-state index in [0.717, 1.165) is 0 Å². The van der Waals surface area contributed by atoms with Crippen LogP contribution in [0.2, 0.25) is 0 Å². The fourth-order valence-corrected chi connectivity index (χ4v) is 1.63. The van der Waals surface area contributed by atoms with E-state index in [-0.39, 0.29) is 18.2 Å². The van der Waals surface area contributed by atoms with Gasteiger partial charge in [0, 0.05) is 13.1 Å². The fraction of sp³-hybridized carbons (Fsp3) is 0.727. The molecule has 0 fully saturated rings. The third-order valence-corrected chi connectivity index (χ3v) is 2.83. The fourth-order valence-electron chi connectivity index (χ4n) is 1.63. The lowest BCUT2D eigenvalue weighted by molar-refractivity contribution is -0.384. The standard InChI is InChI=1S/C11H20N4O3/c1-5-14-11(12-6-9(16)7(2)3)10(15(17)18)8(4)13-14/h7,9,12,16H,5-6H2,1-4H3. The Balaban J connectivity index is 2.95. The normalized spacial score (nSPS) is 12.8. The molecule has 0 bridgehead atoms. The number of hydrogen-bond donors (Lipinski definition) is 2. The summed E-state index contributed by atoms with van der Waals surface area (Å²) in [5.41, 5.74) is 0.358. The molecule has 7 heteroatoms. The van der Waals surface area contributed by atoms with E-state index in [1.807, 2.05) is 20.8 Å². The molecule has 0 aromatic carbocycles. The van der Waals surface area contributed by atoms with Crippen LogP contribution in [0.3, 0.4) is 0 Å². The molecule has 0 amide bonds. The van der Waals surface area contributed by atoms with Crippen molar-refractivity contribution in [2.24, 2.45) is 5.92 Å². The summed E-state index contributed by atoms with van der Waals surface area (Å²) in [6, 6.07) is 0. The second-order valence-electron chi connectivity index (χ2n) is 4.55. The number of aryl methyl sites for hydroxylation is 2. The number of aliphatic hydroxyl groups is 1. The molecule has 7 nitrogen and oxygen atoms in total. The minimum absolute atomic E-state index is 0.0205. The molecule has 1 aromatic rings. The van der Waals surface area contributed by atoms with Crippen molar-refractivity contribution >= 4 is 11.5 Å². The second-order valence-corrected chi connectivity index (χ2v) is 4.55. The van der Waals surface area contributed by atoms with Crippen molar-refractivity contribution in [2.45, 2.75) is 40.3 Å². The number of aliphatic hydroxyl groups excluding tert-OH is 1. The van der Waals surface area contributed by atoms with Crippen molar-refractivity contribution in [2.75, 3.05) is 11.9 Å². The van der Waals surface area contributed by atoms with Gasteiger partial charge in [-0.15, -0.1) is 0 Å². The Morgan fingerprint density at radius 2 is 2.17 bits per heavy atom. The van der Waals surface area contributed by atoms with Gasteiger partial charge < -0.3 is 10.4 Å². The summed E-state index contributed by atoms with van der Waals surface area (Å²) in [6.07, 6.45) is -0.551. The zero-order valence-corrected chi connectivity index (χ0v) is 11.2. The lowest BCUT2D eigenvalue weighted by atomic mass is 10.1. The summed E-state index contributed by atoms with van der Waals surface area (Å²) in [5, 5.41) is 27.8. The van der Waals surface area contributed by atoms with Gasteiger partial charge in [0.15, 0.2) is 0 Å². The van der Waals surface area contributed by atoms with Crippen molar-refractivity contribution in [1.82, 2.24) is 9.78 Å². The third kappa shape index (κ3) is 2.98. The minimum atomic E-state index is -0.551. The molecule has 0 aliphatic heterocycles. The van der Waals surface area contributed by atoms with Crippen LogP contribution in [0.1, 0.15) is 26.5 Å². The molecule has 0 saturated heterocycles. The van der Waals surface area contributed by atoms with Crippen LogP contribution < -0.4 is 5.32 Å². The highest BCUT2D eigenvalue weighted by Gasteiger charge is 2.25. The molecule has 1 heterocycles. The van der Waals surface area contributed by atoms with Crippen molar-refractivity contribution in [3.05, 3.63) is 15.8 Å². The Bertz CT molecular complexity index is 428. The van der Waals surface area contributed by atoms with Crippen LogP contribution in [0, 0.1) is 23.0 Å². The van der Waals surface area contributed by atoms with Crippen molar-refractivity contribution < 1.29 is 10.0 Å². The number of nitrogens with one attached hydrogen (secondary N) is 1. The van der Waals surface area contributed by atoms with Gasteiger partial charge in [0.05, 0.1) is 11.0 Å². The number of nitrogens with zero attached hydrogens (tertiary/aromatic N) is 3. The molecule has 18 heavy (non-hydrogen) atoms. The van der Waals surface area contributed by atoms with Crippen LogP contribution in [0.4, 0.5) is 11.5 Å². The van der Waals surface area contributed by atoms with Gasteiger partial charge in [0.25, 0.3) is 0 Å². The summed E-state index contributed by atoms with van der Waals surface area (Å²) in [6.45, 7) is 8.05. The van der Waals surface area contributed by atoms with Gasteiger partial charge in [0.1, 0.15) is 5.69 Å². The highest BCUT2D eigenvalue weighted by Crippen LogP contribution is 2.28. The summed E-state index contributed by atoms with van der Waals surface area (Å²) < 4.78 is 1.54. The molecule has 0 aliphatic carbocycles. The summed E-state index contributed by atoms with van der Waals surface area (Å²) >= 11 is 0. The van der Waals surface area contributed by atoms with E-state index in [1.54, 1.807) is 11.6 Å². The van der Waals surface area contributed by atoms with E-state index < -0.39 is 11.0 Å². The van der Waals surface area contributed by atoms with Crippen molar-refractivity contribution in [3.8, 4) is 0 Å². The van der Waals surface area contributed by atoms with E-state index >= 15 is 0 Å². The largest absolute Gasteiger partial charge is 0.391 e. The van der Waals surface area contributed by atoms with Crippen LogP contribution in [-0.4, -0.2) is 32.5 Å². The van der Waals surface area contributed by atoms with Gasteiger partial charge in [-0.1, -0.05) is 13.8 Å². The maximum Gasteiger partial charge on any atom is 0.333 e. The van der Waals surface area contributed by atoms with Gasteiger partial charge in [-0.05, 0) is 19.8 Å². The molecule has 0 saturated carbocycles. The molecule has 0 spiro atoms. The number of nitro groups is 1. The van der Waals surface area contributed by atoms with E-state index in [1.165, 1.54) is 0 Å². The molecular weight excluding hydrogens is 236 g/mol. The van der Waals surface area contributed by atoms with Crippen LogP contribution >= 0.6 is 0 Å². The topological polar surface area (TPSA) is 93.2 Å². The first kappa shape index (κ1) is 14.4. The first-order chi connectivity index (χ1) is 8.38. The predicted octanol–water partition coefficient (Wildman–Crippen LogP) is 1.55. The maximum absolute atomic E-state index is 11.0. The zero-order chi connectivity index (χ0) is 13.9. The van der Waals surface area contributed by atoms with Gasteiger partial charge in [-0.2, -0.15) is 5.10 Å². The lowest BCUT2D eigenvalue weighted by Crippen LogP contribution is -2.26.